The molecule has 0 spiro atoms. The van der Waals surface area contributed by atoms with Crippen LogP contribution in [0.4, 0.5) is 0 Å². The second kappa shape index (κ2) is 5.51. The van der Waals surface area contributed by atoms with E-state index in [9.17, 15) is 13.2 Å². The number of aromatic amines is 1. The highest BCUT2D eigenvalue weighted by atomic mass is 32.2. The molecule has 7 nitrogen and oxygen atoms in total. The van der Waals surface area contributed by atoms with Gasteiger partial charge in [0.2, 0.25) is 0 Å². The smallest absolute Gasteiger partial charge is 0.265 e. The number of nitrogens with zero attached hydrogens (tertiary/aromatic N) is 1. The molecule has 0 unspecified atom stereocenters. The molecule has 2 aromatic heterocycles. The highest BCUT2D eigenvalue weighted by Crippen LogP contribution is 2.23. The molecule has 110 valence electrons. The van der Waals surface area contributed by atoms with Crippen LogP contribution in [0, 0.1) is 0 Å². The van der Waals surface area contributed by atoms with Crippen molar-refractivity contribution in [2.45, 2.75) is 0 Å². The number of pyridine rings is 1. The van der Waals surface area contributed by atoms with Gasteiger partial charge in [-0.25, -0.2) is 0 Å². The number of hydrogen-bond donors (Lipinski definition) is 3. The van der Waals surface area contributed by atoms with Gasteiger partial charge >= 0.3 is 0 Å². The number of rotatable bonds is 1. The molecule has 0 radical (unpaired) electrons. The van der Waals surface area contributed by atoms with Gasteiger partial charge in [0.1, 0.15) is 5.69 Å². The Morgan fingerprint density at radius 2 is 1.95 bits per heavy atom. The maximum absolute atomic E-state index is 11.1. The molecule has 3 aromatic rings. The van der Waals surface area contributed by atoms with E-state index in [0.29, 0.717) is 11.9 Å². The molecule has 0 saturated carbocycles. The second-order valence-electron chi connectivity index (χ2n) is 4.39. The number of H-pyrrole nitrogens is 1. The highest BCUT2D eigenvalue weighted by molar-refractivity contribution is 7.85. The summed E-state index contributed by atoms with van der Waals surface area (Å²) in [6, 6.07) is 9.48. The first kappa shape index (κ1) is 14.9. The molecule has 0 fully saturated rings. The lowest BCUT2D eigenvalue weighted by Crippen LogP contribution is -2.10. The van der Waals surface area contributed by atoms with E-state index < -0.39 is 16.0 Å². The van der Waals surface area contributed by atoms with Crippen molar-refractivity contribution < 1.29 is 17.8 Å². The van der Waals surface area contributed by atoms with Gasteiger partial charge in [-0.1, -0.05) is 18.2 Å². The molecule has 0 aliphatic rings. The lowest BCUT2D eigenvalue weighted by Gasteiger charge is -1.97. The lowest BCUT2D eigenvalue weighted by molar-refractivity contribution is 0.0996. The molecule has 4 N–H and O–H groups in total. The summed E-state index contributed by atoms with van der Waals surface area (Å²) in [5.41, 5.74) is 7.44. The number of aromatic nitrogens is 2. The summed E-state index contributed by atoms with van der Waals surface area (Å²) >= 11 is 0. The van der Waals surface area contributed by atoms with Crippen LogP contribution in [0.5, 0.6) is 0 Å². The van der Waals surface area contributed by atoms with Gasteiger partial charge in [-0.2, -0.15) is 8.42 Å². The third kappa shape index (κ3) is 3.77. The van der Waals surface area contributed by atoms with Gasteiger partial charge in [-0.15, -0.1) is 0 Å². The van der Waals surface area contributed by atoms with Crippen molar-refractivity contribution in [1.29, 1.82) is 0 Å². The Kier molecular flexibility index (Phi) is 3.92. The number of primary amides is 1. The Labute approximate surface area is 120 Å². The molecule has 3 rings (SSSR count). The van der Waals surface area contributed by atoms with Gasteiger partial charge in [0, 0.05) is 17.0 Å². The SMILES string of the molecule is CS(=O)(=O)O.NC(=O)c1cc2cnc3ccccc3c2[nH]1. The van der Waals surface area contributed by atoms with Gasteiger partial charge in [-0.3, -0.25) is 14.3 Å². The van der Waals surface area contributed by atoms with Crippen LogP contribution in [-0.4, -0.2) is 35.1 Å². The second-order valence-corrected chi connectivity index (χ2v) is 5.85. The minimum absolute atomic E-state index is 0.410. The molecule has 0 aliphatic carbocycles. The normalized spacial score (nSPS) is 11.1. The Morgan fingerprint density at radius 1 is 1.33 bits per heavy atom. The number of nitrogens with one attached hydrogen (secondary N) is 1. The number of para-hydroxylation sites is 1. The number of carbonyl (C=O) groups is 1. The molecule has 0 aliphatic heterocycles. The number of amides is 1. The molecule has 1 amide bonds. The van der Waals surface area contributed by atoms with Gasteiger partial charge in [0.25, 0.3) is 16.0 Å². The van der Waals surface area contributed by atoms with E-state index >= 15 is 0 Å². The molecule has 0 saturated heterocycles. The fraction of sp³-hybridized carbons (Fsp3) is 0.0769. The van der Waals surface area contributed by atoms with Crippen LogP contribution in [0.3, 0.4) is 0 Å². The molecule has 0 atom stereocenters. The quantitative estimate of drug-likeness (QED) is 0.584. The van der Waals surface area contributed by atoms with Crippen molar-refractivity contribution in [1.82, 2.24) is 9.97 Å². The van der Waals surface area contributed by atoms with E-state index in [1.165, 1.54) is 0 Å². The summed E-state index contributed by atoms with van der Waals surface area (Å²) in [6.07, 6.45) is 2.45. The molecular formula is C13H13N3O4S. The van der Waals surface area contributed by atoms with E-state index in [4.69, 9.17) is 10.3 Å². The number of hydrogen-bond acceptors (Lipinski definition) is 4. The molecular weight excluding hydrogens is 294 g/mol. The van der Waals surface area contributed by atoms with Crippen molar-refractivity contribution in [2.75, 3.05) is 6.26 Å². The zero-order valence-corrected chi connectivity index (χ0v) is 11.9. The first-order valence-corrected chi connectivity index (χ1v) is 7.69. The monoisotopic (exact) mass is 307 g/mol. The zero-order chi connectivity index (χ0) is 15.6. The van der Waals surface area contributed by atoms with Crippen LogP contribution in [0.15, 0.2) is 36.5 Å². The van der Waals surface area contributed by atoms with Gasteiger partial charge < -0.3 is 10.7 Å². The van der Waals surface area contributed by atoms with Crippen LogP contribution >= 0.6 is 0 Å². The van der Waals surface area contributed by atoms with Crippen LogP contribution in [-0.2, 0) is 10.1 Å². The third-order valence-electron chi connectivity index (χ3n) is 2.63. The fourth-order valence-electron chi connectivity index (χ4n) is 1.86. The largest absolute Gasteiger partial charge is 0.364 e. The Bertz CT molecular complexity index is 907. The van der Waals surface area contributed by atoms with E-state index in [2.05, 4.69) is 9.97 Å². The molecule has 21 heavy (non-hydrogen) atoms. The summed E-state index contributed by atoms with van der Waals surface area (Å²) in [4.78, 5) is 18.4. The van der Waals surface area contributed by atoms with Crippen LogP contribution in [0.25, 0.3) is 21.8 Å². The zero-order valence-electron chi connectivity index (χ0n) is 11.1. The average Bonchev–Trinajstić information content (AvgIpc) is 2.81. The number of benzene rings is 1. The molecule has 2 heterocycles. The van der Waals surface area contributed by atoms with E-state index in [1.54, 1.807) is 12.3 Å². The minimum Gasteiger partial charge on any atom is -0.364 e. The Morgan fingerprint density at radius 3 is 2.57 bits per heavy atom. The maximum atomic E-state index is 11.1. The minimum atomic E-state index is -3.67. The topological polar surface area (TPSA) is 126 Å². The highest BCUT2D eigenvalue weighted by Gasteiger charge is 2.08. The number of carbonyl (C=O) groups excluding carboxylic acids is 1. The fourth-order valence-corrected chi connectivity index (χ4v) is 1.86. The summed E-state index contributed by atoms with van der Waals surface area (Å²) in [6.45, 7) is 0. The van der Waals surface area contributed by atoms with Crippen molar-refractivity contribution >= 4 is 37.8 Å². The standard InChI is InChI=1S/C12H9N3O.CH4O3S/c13-12(16)10-5-7-6-14-9-4-2-1-3-8(9)11(7)15-10;1-5(2,3)4/h1-6,15H,(H2,13,16);1H3,(H,2,3,4). The van der Waals surface area contributed by atoms with Crippen molar-refractivity contribution in [2.24, 2.45) is 5.73 Å². The first-order chi connectivity index (χ1) is 9.75. The number of nitrogens with two attached hydrogens (primary N) is 1. The molecule has 1 aromatic carbocycles. The van der Waals surface area contributed by atoms with Crippen LogP contribution < -0.4 is 5.73 Å². The molecule has 8 heteroatoms. The predicted molar refractivity (Wildman–Crippen MR) is 79.6 cm³/mol. The average molecular weight is 307 g/mol. The lowest BCUT2D eigenvalue weighted by atomic mass is 10.2. The van der Waals surface area contributed by atoms with Crippen LogP contribution in [0.1, 0.15) is 10.5 Å². The van der Waals surface area contributed by atoms with E-state index in [0.717, 1.165) is 21.8 Å². The van der Waals surface area contributed by atoms with Gasteiger partial charge in [-0.05, 0) is 12.1 Å². The van der Waals surface area contributed by atoms with Crippen molar-refractivity contribution in [3.8, 4) is 0 Å². The summed E-state index contributed by atoms with van der Waals surface area (Å²) in [5, 5.41) is 1.89. The van der Waals surface area contributed by atoms with Crippen molar-refractivity contribution in [3.63, 3.8) is 0 Å². The Hall–Kier alpha value is -2.45. The summed E-state index contributed by atoms with van der Waals surface area (Å²) in [5.74, 6) is -0.458. The third-order valence-corrected chi connectivity index (χ3v) is 2.63. The number of fused-ring (bicyclic) bond motifs is 3. The first-order valence-electron chi connectivity index (χ1n) is 5.84. The van der Waals surface area contributed by atoms with E-state index in [-0.39, 0.29) is 0 Å². The summed E-state index contributed by atoms with van der Waals surface area (Å²) < 4.78 is 25.9. The summed E-state index contributed by atoms with van der Waals surface area (Å²) in [7, 11) is -3.67. The van der Waals surface area contributed by atoms with Crippen LogP contribution in [0.2, 0.25) is 0 Å². The molecule has 0 bridgehead atoms. The van der Waals surface area contributed by atoms with Gasteiger partial charge in [0.15, 0.2) is 0 Å². The van der Waals surface area contributed by atoms with Crippen molar-refractivity contribution in [3.05, 3.63) is 42.2 Å². The van der Waals surface area contributed by atoms with E-state index in [1.807, 2.05) is 24.3 Å². The Balaban J connectivity index is 0.000000282. The predicted octanol–water partition coefficient (Wildman–Crippen LogP) is 1.32. The maximum Gasteiger partial charge on any atom is 0.265 e. The van der Waals surface area contributed by atoms with Gasteiger partial charge in [0.05, 0.1) is 17.3 Å².